The lowest BCUT2D eigenvalue weighted by atomic mass is 9.97. The molecule has 2 heterocycles. The van der Waals surface area contributed by atoms with Crippen molar-refractivity contribution < 1.29 is 0 Å². The molecule has 0 aliphatic carbocycles. The van der Waals surface area contributed by atoms with Gasteiger partial charge in [-0.3, -0.25) is 4.98 Å². The highest BCUT2D eigenvalue weighted by atomic mass is 15.2. The van der Waals surface area contributed by atoms with Crippen LogP contribution in [0.5, 0.6) is 0 Å². The minimum Gasteiger partial charge on any atom is -0.321 e. The summed E-state index contributed by atoms with van der Waals surface area (Å²) in [5.41, 5.74) is 7.92. The van der Waals surface area contributed by atoms with Gasteiger partial charge in [-0.2, -0.15) is 0 Å². The van der Waals surface area contributed by atoms with Gasteiger partial charge < -0.3 is 10.3 Å². The van der Waals surface area contributed by atoms with Crippen molar-refractivity contribution in [3.63, 3.8) is 0 Å². The van der Waals surface area contributed by atoms with Gasteiger partial charge in [-0.15, -0.1) is 0 Å². The van der Waals surface area contributed by atoms with Gasteiger partial charge in [-0.25, -0.2) is 4.98 Å². The first kappa shape index (κ1) is 13.0. The lowest BCUT2D eigenvalue weighted by Crippen LogP contribution is -2.39. The summed E-state index contributed by atoms with van der Waals surface area (Å²) in [6, 6.07) is 2.00. The molecule has 2 N–H and O–H groups in total. The van der Waals surface area contributed by atoms with Crippen LogP contribution in [0, 0.1) is 0 Å². The van der Waals surface area contributed by atoms with Gasteiger partial charge in [0.05, 0.1) is 17.3 Å². The number of hydrogen-bond acceptors (Lipinski definition) is 3. The van der Waals surface area contributed by atoms with Crippen molar-refractivity contribution in [3.05, 3.63) is 24.3 Å². The van der Waals surface area contributed by atoms with Gasteiger partial charge in [0, 0.05) is 11.7 Å². The minimum absolute atomic E-state index is 0.0543. The van der Waals surface area contributed by atoms with E-state index in [1.807, 2.05) is 13.0 Å². The maximum absolute atomic E-state index is 6.39. The molecular weight excluding hydrogens is 224 g/mol. The monoisotopic (exact) mass is 246 g/mol. The lowest BCUT2D eigenvalue weighted by Gasteiger charge is -2.31. The Morgan fingerprint density at radius 1 is 1.28 bits per heavy atom. The molecule has 0 saturated carbocycles. The van der Waals surface area contributed by atoms with E-state index in [1.54, 1.807) is 12.4 Å². The van der Waals surface area contributed by atoms with Crippen molar-refractivity contribution in [2.24, 2.45) is 5.73 Å². The van der Waals surface area contributed by atoms with E-state index in [0.29, 0.717) is 0 Å². The van der Waals surface area contributed by atoms with E-state index in [4.69, 9.17) is 10.7 Å². The molecule has 1 atom stereocenters. The highest BCUT2D eigenvalue weighted by molar-refractivity contribution is 5.75. The average Bonchev–Trinajstić information content (AvgIpc) is 2.68. The smallest absolute Gasteiger partial charge is 0.130 e. The summed E-state index contributed by atoms with van der Waals surface area (Å²) in [7, 11) is 0. The highest BCUT2D eigenvalue weighted by Gasteiger charge is 2.30. The molecule has 0 spiro atoms. The summed E-state index contributed by atoms with van der Waals surface area (Å²) >= 11 is 0. The lowest BCUT2D eigenvalue weighted by molar-refractivity contribution is 0.341. The molecule has 0 fully saturated rings. The van der Waals surface area contributed by atoms with Crippen LogP contribution in [-0.4, -0.2) is 14.5 Å². The van der Waals surface area contributed by atoms with Crippen LogP contribution < -0.4 is 5.73 Å². The molecule has 0 amide bonds. The summed E-state index contributed by atoms with van der Waals surface area (Å²) in [6.45, 7) is 10.6. The summed E-state index contributed by atoms with van der Waals surface area (Å²) < 4.78 is 2.23. The second kappa shape index (κ2) is 4.05. The molecule has 98 valence electrons. The molecular formula is C14H22N4. The molecule has 18 heavy (non-hydrogen) atoms. The summed E-state index contributed by atoms with van der Waals surface area (Å²) in [4.78, 5) is 8.84. The van der Waals surface area contributed by atoms with Gasteiger partial charge in [-0.1, -0.05) is 6.92 Å². The predicted molar refractivity (Wildman–Crippen MR) is 74.4 cm³/mol. The molecule has 0 saturated heterocycles. The molecule has 0 radical (unpaired) electrons. The van der Waals surface area contributed by atoms with Crippen LogP contribution in [0.15, 0.2) is 18.5 Å². The van der Waals surface area contributed by atoms with E-state index in [1.165, 1.54) is 0 Å². The number of fused-ring (bicyclic) bond motifs is 1. The highest BCUT2D eigenvalue weighted by Crippen LogP contribution is 2.30. The molecule has 0 aliphatic heterocycles. The molecule has 4 heteroatoms. The predicted octanol–water partition coefficient (Wildman–Crippen LogP) is 2.77. The number of hydrogen-bond donors (Lipinski definition) is 1. The zero-order chi connectivity index (χ0) is 13.6. The number of rotatable bonds is 2. The molecule has 4 nitrogen and oxygen atoms in total. The maximum Gasteiger partial charge on any atom is 0.130 e. The van der Waals surface area contributed by atoms with Crippen molar-refractivity contribution in [3.8, 4) is 0 Å². The quantitative estimate of drug-likeness (QED) is 0.886. The Morgan fingerprint density at radius 3 is 2.50 bits per heavy atom. The fraction of sp³-hybridized carbons (Fsp3) is 0.571. The third-order valence-corrected chi connectivity index (χ3v) is 3.37. The van der Waals surface area contributed by atoms with E-state index in [-0.39, 0.29) is 5.54 Å². The average molecular weight is 246 g/mol. The van der Waals surface area contributed by atoms with E-state index in [9.17, 15) is 0 Å². The fourth-order valence-electron chi connectivity index (χ4n) is 2.15. The van der Waals surface area contributed by atoms with Crippen molar-refractivity contribution in [2.75, 3.05) is 0 Å². The van der Waals surface area contributed by atoms with Crippen LogP contribution in [0.4, 0.5) is 0 Å². The Bertz CT molecular complexity index is 561. The first-order valence-electron chi connectivity index (χ1n) is 6.39. The summed E-state index contributed by atoms with van der Waals surface area (Å²) in [5, 5.41) is 0. The number of pyridine rings is 1. The minimum atomic E-state index is -0.424. The first-order valence-corrected chi connectivity index (χ1v) is 6.39. The fourth-order valence-corrected chi connectivity index (χ4v) is 2.15. The first-order chi connectivity index (χ1) is 8.27. The third kappa shape index (κ3) is 2.01. The Hall–Kier alpha value is -1.42. The van der Waals surface area contributed by atoms with Gasteiger partial charge in [-0.05, 0) is 40.2 Å². The topological polar surface area (TPSA) is 56.7 Å². The van der Waals surface area contributed by atoms with Crippen molar-refractivity contribution in [1.29, 1.82) is 0 Å². The number of nitrogens with zero attached hydrogens (tertiary/aromatic N) is 3. The zero-order valence-electron chi connectivity index (χ0n) is 11.9. The van der Waals surface area contributed by atoms with Crippen LogP contribution >= 0.6 is 0 Å². The SMILES string of the molecule is CCC(C)(N)c1nc2cnccc2n1C(C)(C)C. The van der Waals surface area contributed by atoms with E-state index in [2.05, 4.69) is 37.2 Å². The molecule has 0 bridgehead atoms. The van der Waals surface area contributed by atoms with Crippen molar-refractivity contribution >= 4 is 11.0 Å². The van der Waals surface area contributed by atoms with Crippen molar-refractivity contribution in [1.82, 2.24) is 14.5 Å². The molecule has 2 aromatic rings. The maximum atomic E-state index is 6.39. The Balaban J connectivity index is 2.81. The molecule has 1 unspecified atom stereocenters. The Morgan fingerprint density at radius 2 is 1.94 bits per heavy atom. The van der Waals surface area contributed by atoms with Crippen LogP contribution in [-0.2, 0) is 11.1 Å². The van der Waals surface area contributed by atoms with Crippen LogP contribution in [0.2, 0.25) is 0 Å². The van der Waals surface area contributed by atoms with E-state index in [0.717, 1.165) is 23.3 Å². The van der Waals surface area contributed by atoms with Crippen molar-refractivity contribution in [2.45, 2.75) is 52.1 Å². The largest absolute Gasteiger partial charge is 0.321 e. The van der Waals surface area contributed by atoms with Gasteiger partial charge >= 0.3 is 0 Å². The van der Waals surface area contributed by atoms with Gasteiger partial charge in [0.1, 0.15) is 11.3 Å². The van der Waals surface area contributed by atoms with E-state index >= 15 is 0 Å². The number of nitrogens with two attached hydrogens (primary N) is 1. The van der Waals surface area contributed by atoms with Crippen LogP contribution in [0.25, 0.3) is 11.0 Å². The Labute approximate surface area is 108 Å². The van der Waals surface area contributed by atoms with Crippen LogP contribution in [0.3, 0.4) is 0 Å². The van der Waals surface area contributed by atoms with Crippen LogP contribution in [0.1, 0.15) is 46.9 Å². The van der Waals surface area contributed by atoms with E-state index < -0.39 is 5.54 Å². The number of aromatic nitrogens is 3. The zero-order valence-corrected chi connectivity index (χ0v) is 11.9. The second-order valence-corrected chi connectivity index (χ2v) is 6.08. The normalized spacial score (nSPS) is 15.9. The Kier molecular flexibility index (Phi) is 2.93. The third-order valence-electron chi connectivity index (χ3n) is 3.37. The van der Waals surface area contributed by atoms with Gasteiger partial charge in [0.15, 0.2) is 0 Å². The molecule has 2 aromatic heterocycles. The molecule has 0 aliphatic rings. The number of imidazole rings is 1. The molecule has 0 aromatic carbocycles. The summed E-state index contributed by atoms with van der Waals surface area (Å²) in [5.74, 6) is 0.931. The summed E-state index contributed by atoms with van der Waals surface area (Å²) in [6.07, 6.45) is 4.45. The molecule has 2 rings (SSSR count). The van der Waals surface area contributed by atoms with Gasteiger partial charge in [0.25, 0.3) is 0 Å². The van der Waals surface area contributed by atoms with Gasteiger partial charge in [0.2, 0.25) is 0 Å². The standard InChI is InChI=1S/C14H22N4/c1-6-14(5,15)12-17-10-9-16-8-7-11(10)18(12)13(2,3)4/h7-9H,6,15H2,1-5H3. The second-order valence-electron chi connectivity index (χ2n) is 6.08.